The van der Waals surface area contributed by atoms with E-state index in [1.807, 2.05) is 6.26 Å². The number of nitrogens with one attached hydrogen (secondary N) is 1. The summed E-state index contributed by atoms with van der Waals surface area (Å²) in [7, 11) is 0. The van der Waals surface area contributed by atoms with E-state index in [4.69, 9.17) is 4.42 Å². The smallest absolute Gasteiger partial charge is 0.110 e. The molecule has 3 heteroatoms. The largest absolute Gasteiger partial charge is 0.469 e. The Morgan fingerprint density at radius 3 is 3.33 bits per heavy atom. The van der Waals surface area contributed by atoms with Gasteiger partial charge in [-0.1, -0.05) is 6.92 Å². The van der Waals surface area contributed by atoms with Crippen molar-refractivity contribution in [2.75, 3.05) is 12.3 Å². The Hall–Kier alpha value is -0.410. The lowest BCUT2D eigenvalue weighted by Crippen LogP contribution is -2.51. The third kappa shape index (κ3) is 1.53. The molecule has 0 saturated carbocycles. The Bertz CT molecular complexity index is 352. The van der Waals surface area contributed by atoms with E-state index in [0.717, 1.165) is 18.2 Å². The van der Waals surface area contributed by atoms with Crippen molar-refractivity contribution in [2.24, 2.45) is 0 Å². The molecule has 0 radical (unpaired) electrons. The molecule has 3 heterocycles. The minimum absolute atomic E-state index is 0.220. The molecule has 0 aliphatic carbocycles. The topological polar surface area (TPSA) is 25.2 Å². The van der Waals surface area contributed by atoms with Crippen LogP contribution in [0.3, 0.4) is 0 Å². The van der Waals surface area contributed by atoms with E-state index in [0.29, 0.717) is 0 Å². The third-order valence-electron chi connectivity index (χ3n) is 3.67. The van der Waals surface area contributed by atoms with Crippen molar-refractivity contribution in [3.8, 4) is 0 Å². The molecule has 0 aromatic carbocycles. The summed E-state index contributed by atoms with van der Waals surface area (Å²) in [6.07, 6.45) is 5.46. The van der Waals surface area contributed by atoms with Crippen LogP contribution >= 0.6 is 11.8 Å². The van der Waals surface area contributed by atoms with Gasteiger partial charge in [-0.3, -0.25) is 0 Å². The van der Waals surface area contributed by atoms with Gasteiger partial charge < -0.3 is 9.73 Å². The van der Waals surface area contributed by atoms with Crippen LogP contribution in [0.15, 0.2) is 16.7 Å². The first-order valence-corrected chi connectivity index (χ1v) is 6.78. The SMILES string of the molecule is CC1CCC2(CS1)NCCc1occc12. The molecule has 2 atom stereocenters. The monoisotopic (exact) mass is 223 g/mol. The Balaban J connectivity index is 1.94. The van der Waals surface area contributed by atoms with Crippen LogP contribution in [0.2, 0.25) is 0 Å². The predicted octanol–water partition coefficient (Wildman–Crippen LogP) is 2.54. The van der Waals surface area contributed by atoms with Gasteiger partial charge in [0.1, 0.15) is 5.76 Å². The number of fused-ring (bicyclic) bond motifs is 2. The summed E-state index contributed by atoms with van der Waals surface area (Å²) >= 11 is 2.09. The number of hydrogen-bond acceptors (Lipinski definition) is 3. The van der Waals surface area contributed by atoms with Crippen LogP contribution < -0.4 is 5.32 Å². The summed E-state index contributed by atoms with van der Waals surface area (Å²) < 4.78 is 5.56. The second kappa shape index (κ2) is 3.56. The third-order valence-corrected chi connectivity index (χ3v) is 5.13. The van der Waals surface area contributed by atoms with Crippen molar-refractivity contribution in [2.45, 2.75) is 37.0 Å². The quantitative estimate of drug-likeness (QED) is 0.731. The zero-order valence-corrected chi connectivity index (χ0v) is 9.90. The fraction of sp³-hybridized carbons (Fsp3) is 0.667. The van der Waals surface area contributed by atoms with Gasteiger partial charge in [0, 0.05) is 29.5 Å². The average Bonchev–Trinajstić information content (AvgIpc) is 2.72. The van der Waals surface area contributed by atoms with Gasteiger partial charge in [-0.2, -0.15) is 11.8 Å². The van der Waals surface area contributed by atoms with E-state index in [1.165, 1.54) is 29.9 Å². The highest BCUT2D eigenvalue weighted by molar-refractivity contribution is 8.00. The molecule has 2 unspecified atom stereocenters. The molecule has 0 amide bonds. The normalized spacial score (nSPS) is 35.4. The zero-order chi connectivity index (χ0) is 10.3. The highest BCUT2D eigenvalue weighted by atomic mass is 32.2. The molecule has 1 aromatic rings. The lowest BCUT2D eigenvalue weighted by Gasteiger charge is -2.42. The highest BCUT2D eigenvalue weighted by Crippen LogP contribution is 2.42. The van der Waals surface area contributed by atoms with Crippen LogP contribution in [0.5, 0.6) is 0 Å². The molecule has 2 aliphatic heterocycles. The Morgan fingerprint density at radius 1 is 1.60 bits per heavy atom. The van der Waals surface area contributed by atoms with Crippen molar-refractivity contribution in [1.82, 2.24) is 5.32 Å². The van der Waals surface area contributed by atoms with Crippen LogP contribution in [0.4, 0.5) is 0 Å². The summed E-state index contributed by atoms with van der Waals surface area (Å²) in [5, 5.41) is 4.53. The maximum atomic E-state index is 5.56. The van der Waals surface area contributed by atoms with Crippen LogP contribution in [-0.4, -0.2) is 17.5 Å². The highest BCUT2D eigenvalue weighted by Gasteiger charge is 2.40. The fourth-order valence-corrected chi connectivity index (χ4v) is 3.97. The van der Waals surface area contributed by atoms with Crippen molar-refractivity contribution < 1.29 is 4.42 Å². The number of furan rings is 1. The van der Waals surface area contributed by atoms with E-state index in [1.54, 1.807) is 0 Å². The standard InChI is InChI=1S/C12H17NOS/c1-9-2-5-12(8-15-9)10-4-7-14-11(10)3-6-13-12/h4,7,9,13H,2-3,5-6,8H2,1H3. The maximum Gasteiger partial charge on any atom is 0.110 e. The Kier molecular flexibility index (Phi) is 2.33. The molecule has 0 bridgehead atoms. The van der Waals surface area contributed by atoms with Gasteiger partial charge in [-0.25, -0.2) is 0 Å². The van der Waals surface area contributed by atoms with Gasteiger partial charge in [0.25, 0.3) is 0 Å². The van der Waals surface area contributed by atoms with Crippen LogP contribution in [-0.2, 0) is 12.0 Å². The van der Waals surface area contributed by atoms with E-state index >= 15 is 0 Å². The van der Waals surface area contributed by atoms with Crippen molar-refractivity contribution in [1.29, 1.82) is 0 Å². The predicted molar refractivity (Wildman–Crippen MR) is 63.2 cm³/mol. The van der Waals surface area contributed by atoms with Crippen molar-refractivity contribution in [3.05, 3.63) is 23.7 Å². The lowest BCUT2D eigenvalue weighted by molar-refractivity contribution is 0.297. The van der Waals surface area contributed by atoms with Crippen molar-refractivity contribution >= 4 is 11.8 Å². The Labute approximate surface area is 94.8 Å². The molecule has 82 valence electrons. The van der Waals surface area contributed by atoms with Gasteiger partial charge in [0.05, 0.1) is 11.8 Å². The summed E-state index contributed by atoms with van der Waals surface area (Å²) in [6, 6.07) is 2.16. The molecule has 1 N–H and O–H groups in total. The van der Waals surface area contributed by atoms with Gasteiger partial charge in [-0.15, -0.1) is 0 Å². The summed E-state index contributed by atoms with van der Waals surface area (Å²) in [6.45, 7) is 3.39. The zero-order valence-electron chi connectivity index (χ0n) is 9.08. The summed E-state index contributed by atoms with van der Waals surface area (Å²) in [5.41, 5.74) is 1.64. The first-order valence-electron chi connectivity index (χ1n) is 5.74. The maximum absolute atomic E-state index is 5.56. The summed E-state index contributed by atoms with van der Waals surface area (Å²) in [4.78, 5) is 0. The van der Waals surface area contributed by atoms with Gasteiger partial charge in [0.15, 0.2) is 0 Å². The van der Waals surface area contributed by atoms with E-state index in [-0.39, 0.29) is 5.54 Å². The van der Waals surface area contributed by atoms with E-state index < -0.39 is 0 Å². The number of hydrogen-bond donors (Lipinski definition) is 1. The molecular formula is C12H17NOS. The first-order chi connectivity index (χ1) is 7.30. The van der Waals surface area contributed by atoms with Gasteiger partial charge >= 0.3 is 0 Å². The molecule has 15 heavy (non-hydrogen) atoms. The van der Waals surface area contributed by atoms with Crippen molar-refractivity contribution in [3.63, 3.8) is 0 Å². The molecule has 1 spiro atoms. The Morgan fingerprint density at radius 2 is 2.53 bits per heavy atom. The summed E-state index contributed by atoms with van der Waals surface area (Å²) in [5.74, 6) is 2.41. The molecule has 1 fully saturated rings. The molecule has 3 rings (SSSR count). The van der Waals surface area contributed by atoms with Gasteiger partial charge in [0.2, 0.25) is 0 Å². The molecule has 2 aliphatic rings. The van der Waals surface area contributed by atoms with E-state index in [9.17, 15) is 0 Å². The fourth-order valence-electron chi connectivity index (χ4n) is 2.71. The minimum atomic E-state index is 0.220. The van der Waals surface area contributed by atoms with Crippen LogP contribution in [0.1, 0.15) is 31.1 Å². The number of rotatable bonds is 0. The minimum Gasteiger partial charge on any atom is -0.469 e. The van der Waals surface area contributed by atoms with Crippen LogP contribution in [0, 0.1) is 0 Å². The second-order valence-electron chi connectivity index (χ2n) is 4.68. The second-order valence-corrected chi connectivity index (χ2v) is 6.10. The van der Waals surface area contributed by atoms with Gasteiger partial charge in [-0.05, 0) is 18.9 Å². The molecular weight excluding hydrogens is 206 g/mol. The van der Waals surface area contributed by atoms with Crippen LogP contribution in [0.25, 0.3) is 0 Å². The number of thioether (sulfide) groups is 1. The molecule has 1 aromatic heterocycles. The first kappa shape index (κ1) is 9.79. The molecule has 1 saturated heterocycles. The lowest BCUT2D eigenvalue weighted by atomic mass is 9.83. The molecule has 2 nitrogen and oxygen atoms in total. The van der Waals surface area contributed by atoms with E-state index in [2.05, 4.69) is 30.1 Å². The average molecular weight is 223 g/mol.